The lowest BCUT2D eigenvalue weighted by atomic mass is 10.2. The number of rotatable bonds is 5. The predicted octanol–water partition coefficient (Wildman–Crippen LogP) is 2.39. The second-order valence-electron chi connectivity index (χ2n) is 4.87. The first-order valence-electron chi connectivity index (χ1n) is 6.54. The van der Waals surface area contributed by atoms with Crippen LogP contribution in [0.1, 0.15) is 25.7 Å². The molecule has 0 unspecified atom stereocenters. The maximum Gasteiger partial charge on any atom is 0.243 e. The van der Waals surface area contributed by atoms with Gasteiger partial charge in [0, 0.05) is 18.3 Å². The second kappa shape index (κ2) is 5.75. The monoisotopic (exact) mass is 280 g/mol. The number of benzene rings is 1. The highest BCUT2D eigenvalue weighted by atomic mass is 32.2. The lowest BCUT2D eigenvalue weighted by Crippen LogP contribution is -2.38. The van der Waals surface area contributed by atoms with Crippen molar-refractivity contribution in [3.05, 3.63) is 36.9 Å². The van der Waals surface area contributed by atoms with Gasteiger partial charge in [-0.25, -0.2) is 8.42 Å². The van der Waals surface area contributed by atoms with Gasteiger partial charge in [0.05, 0.1) is 4.90 Å². The molecule has 1 aromatic rings. The van der Waals surface area contributed by atoms with E-state index in [1.54, 1.807) is 28.6 Å². The molecule has 0 heterocycles. The van der Waals surface area contributed by atoms with Crippen molar-refractivity contribution < 1.29 is 8.42 Å². The Morgan fingerprint density at radius 2 is 2.05 bits per heavy atom. The van der Waals surface area contributed by atoms with Gasteiger partial charge < -0.3 is 5.73 Å². The highest BCUT2D eigenvalue weighted by molar-refractivity contribution is 7.89. The Bertz CT molecular complexity index is 548. The molecule has 0 atom stereocenters. The first kappa shape index (κ1) is 14.1. The summed E-state index contributed by atoms with van der Waals surface area (Å²) in [5.41, 5.74) is 6.14. The minimum atomic E-state index is -3.49. The van der Waals surface area contributed by atoms with E-state index in [2.05, 4.69) is 6.58 Å². The first-order valence-corrected chi connectivity index (χ1v) is 7.98. The van der Waals surface area contributed by atoms with Gasteiger partial charge in [0.25, 0.3) is 0 Å². The summed E-state index contributed by atoms with van der Waals surface area (Å²) in [5.74, 6) is 0. The van der Waals surface area contributed by atoms with Crippen LogP contribution in [0.15, 0.2) is 41.8 Å². The Labute approximate surface area is 115 Å². The van der Waals surface area contributed by atoms with E-state index in [1.165, 1.54) is 6.07 Å². The van der Waals surface area contributed by atoms with Crippen molar-refractivity contribution in [2.24, 2.45) is 0 Å². The van der Waals surface area contributed by atoms with Gasteiger partial charge in [-0.3, -0.25) is 0 Å². The zero-order valence-electron chi connectivity index (χ0n) is 11.0. The van der Waals surface area contributed by atoms with Crippen molar-refractivity contribution in [3.8, 4) is 0 Å². The minimum Gasteiger partial charge on any atom is -0.399 e. The molecule has 1 fully saturated rings. The van der Waals surface area contributed by atoms with E-state index in [0.29, 0.717) is 12.2 Å². The van der Waals surface area contributed by atoms with Crippen LogP contribution in [0, 0.1) is 0 Å². The molecule has 0 spiro atoms. The number of nitrogens with two attached hydrogens (primary N) is 1. The van der Waals surface area contributed by atoms with Gasteiger partial charge in [0.2, 0.25) is 10.0 Å². The van der Waals surface area contributed by atoms with Crippen LogP contribution < -0.4 is 5.73 Å². The third-order valence-electron chi connectivity index (χ3n) is 3.51. The average molecular weight is 280 g/mol. The number of hydrogen-bond donors (Lipinski definition) is 1. The molecule has 0 aromatic heterocycles. The lowest BCUT2D eigenvalue weighted by molar-refractivity contribution is 0.347. The Morgan fingerprint density at radius 3 is 2.63 bits per heavy atom. The Hall–Kier alpha value is -1.33. The van der Waals surface area contributed by atoms with Gasteiger partial charge in [-0.2, -0.15) is 4.31 Å². The standard InChI is InChI=1S/C14H20N2O2S/c1-2-10-16(13-7-3-4-8-13)19(17,18)14-9-5-6-12(15)11-14/h2,5-6,9,11,13H,1,3-4,7-8,10,15H2. The summed E-state index contributed by atoms with van der Waals surface area (Å²) in [6, 6.07) is 6.55. The number of anilines is 1. The molecule has 0 amide bonds. The van der Waals surface area contributed by atoms with E-state index in [9.17, 15) is 8.42 Å². The number of sulfonamides is 1. The normalized spacial score (nSPS) is 16.9. The molecule has 1 aliphatic carbocycles. The van der Waals surface area contributed by atoms with E-state index < -0.39 is 10.0 Å². The van der Waals surface area contributed by atoms with Crippen molar-refractivity contribution in [2.75, 3.05) is 12.3 Å². The molecule has 104 valence electrons. The maximum atomic E-state index is 12.7. The van der Waals surface area contributed by atoms with Crippen LogP contribution in [0.3, 0.4) is 0 Å². The average Bonchev–Trinajstić information content (AvgIpc) is 2.89. The molecule has 0 bridgehead atoms. The molecule has 0 aliphatic heterocycles. The molecule has 0 radical (unpaired) electrons. The lowest BCUT2D eigenvalue weighted by Gasteiger charge is -2.27. The van der Waals surface area contributed by atoms with Crippen molar-refractivity contribution in [1.29, 1.82) is 0 Å². The summed E-state index contributed by atoms with van der Waals surface area (Å²) in [4.78, 5) is 0.265. The van der Waals surface area contributed by atoms with Gasteiger partial charge in [0.15, 0.2) is 0 Å². The van der Waals surface area contributed by atoms with E-state index in [1.807, 2.05) is 0 Å². The summed E-state index contributed by atoms with van der Waals surface area (Å²) in [5, 5.41) is 0. The highest BCUT2D eigenvalue weighted by Crippen LogP contribution is 2.29. The third kappa shape index (κ3) is 2.98. The summed E-state index contributed by atoms with van der Waals surface area (Å²) < 4.78 is 26.9. The Kier molecular flexibility index (Phi) is 4.27. The largest absolute Gasteiger partial charge is 0.399 e. The summed E-state index contributed by atoms with van der Waals surface area (Å²) >= 11 is 0. The Morgan fingerprint density at radius 1 is 1.37 bits per heavy atom. The second-order valence-corrected chi connectivity index (χ2v) is 6.76. The molecule has 19 heavy (non-hydrogen) atoms. The molecule has 5 heteroatoms. The third-order valence-corrected chi connectivity index (χ3v) is 5.42. The van der Waals surface area contributed by atoms with E-state index in [-0.39, 0.29) is 10.9 Å². The SMILES string of the molecule is C=CCN(C1CCCC1)S(=O)(=O)c1cccc(N)c1. The van der Waals surface area contributed by atoms with Crippen LogP contribution in [0.5, 0.6) is 0 Å². The van der Waals surface area contributed by atoms with Gasteiger partial charge in [-0.15, -0.1) is 6.58 Å². The van der Waals surface area contributed by atoms with E-state index in [0.717, 1.165) is 25.7 Å². The minimum absolute atomic E-state index is 0.0874. The maximum absolute atomic E-state index is 12.7. The molecule has 1 saturated carbocycles. The number of hydrogen-bond acceptors (Lipinski definition) is 3. The van der Waals surface area contributed by atoms with Crippen molar-refractivity contribution in [2.45, 2.75) is 36.6 Å². The molecule has 2 rings (SSSR count). The van der Waals surface area contributed by atoms with Crippen LogP contribution >= 0.6 is 0 Å². The first-order chi connectivity index (χ1) is 9.05. The molecule has 0 saturated heterocycles. The fraction of sp³-hybridized carbons (Fsp3) is 0.429. The van der Waals surface area contributed by atoms with Crippen molar-refractivity contribution in [1.82, 2.24) is 4.31 Å². The molecule has 1 aromatic carbocycles. The summed E-state index contributed by atoms with van der Waals surface area (Å²) in [7, 11) is -3.49. The fourth-order valence-corrected chi connectivity index (χ4v) is 4.28. The number of nitrogen functional groups attached to an aromatic ring is 1. The molecule has 2 N–H and O–H groups in total. The van der Waals surface area contributed by atoms with Crippen LogP contribution in [0.25, 0.3) is 0 Å². The van der Waals surface area contributed by atoms with Gasteiger partial charge in [-0.1, -0.05) is 25.0 Å². The van der Waals surface area contributed by atoms with Crippen molar-refractivity contribution in [3.63, 3.8) is 0 Å². The van der Waals surface area contributed by atoms with Gasteiger partial charge in [-0.05, 0) is 31.0 Å². The zero-order valence-corrected chi connectivity index (χ0v) is 11.8. The number of nitrogens with zero attached hydrogens (tertiary/aromatic N) is 1. The highest BCUT2D eigenvalue weighted by Gasteiger charge is 2.32. The van der Waals surface area contributed by atoms with Crippen LogP contribution in [0.4, 0.5) is 5.69 Å². The van der Waals surface area contributed by atoms with Crippen molar-refractivity contribution >= 4 is 15.7 Å². The van der Waals surface area contributed by atoms with Crippen LogP contribution in [-0.2, 0) is 10.0 Å². The fourth-order valence-electron chi connectivity index (χ4n) is 2.57. The van der Waals surface area contributed by atoms with Gasteiger partial charge >= 0.3 is 0 Å². The smallest absolute Gasteiger partial charge is 0.243 e. The summed E-state index contributed by atoms with van der Waals surface area (Å²) in [6.45, 7) is 4.01. The van der Waals surface area contributed by atoms with Crippen LogP contribution in [-0.4, -0.2) is 25.3 Å². The molecule has 1 aliphatic rings. The van der Waals surface area contributed by atoms with E-state index in [4.69, 9.17) is 5.73 Å². The van der Waals surface area contributed by atoms with Crippen LogP contribution in [0.2, 0.25) is 0 Å². The topological polar surface area (TPSA) is 63.4 Å². The zero-order chi connectivity index (χ0) is 13.9. The molecular formula is C14H20N2O2S. The predicted molar refractivity (Wildman–Crippen MR) is 77.2 cm³/mol. The Balaban J connectivity index is 2.36. The molecule has 4 nitrogen and oxygen atoms in total. The molecular weight excluding hydrogens is 260 g/mol. The van der Waals surface area contributed by atoms with E-state index >= 15 is 0 Å². The quantitative estimate of drug-likeness (QED) is 0.665. The van der Waals surface area contributed by atoms with Gasteiger partial charge in [0.1, 0.15) is 0 Å². The summed E-state index contributed by atoms with van der Waals surface area (Å²) in [6.07, 6.45) is 5.67.